The first-order valence-electron chi connectivity index (χ1n) is 6.03. The Morgan fingerprint density at radius 1 is 1.72 bits per heavy atom. The predicted molar refractivity (Wildman–Crippen MR) is 69.1 cm³/mol. The van der Waals surface area contributed by atoms with Crippen molar-refractivity contribution in [3.63, 3.8) is 0 Å². The molecular formula is C12H17N3O2S. The number of carbonyl (C=O) groups is 1. The van der Waals surface area contributed by atoms with E-state index in [2.05, 4.69) is 9.97 Å². The first-order valence-corrected chi connectivity index (χ1v) is 6.91. The van der Waals surface area contributed by atoms with Gasteiger partial charge in [-0.05, 0) is 32.3 Å². The molecule has 6 heteroatoms. The smallest absolute Gasteiger partial charge is 0.326 e. The van der Waals surface area contributed by atoms with E-state index in [4.69, 9.17) is 10.5 Å². The van der Waals surface area contributed by atoms with Gasteiger partial charge >= 0.3 is 5.97 Å². The van der Waals surface area contributed by atoms with Crippen molar-refractivity contribution in [1.29, 1.82) is 0 Å². The summed E-state index contributed by atoms with van der Waals surface area (Å²) in [5.41, 5.74) is 5.29. The van der Waals surface area contributed by atoms with Gasteiger partial charge in [0.15, 0.2) is 0 Å². The van der Waals surface area contributed by atoms with Crippen LogP contribution in [0.3, 0.4) is 0 Å². The van der Waals surface area contributed by atoms with Gasteiger partial charge in [0.1, 0.15) is 11.9 Å². The molecule has 5 nitrogen and oxygen atoms in total. The maximum atomic E-state index is 11.8. The molecule has 0 spiro atoms. The van der Waals surface area contributed by atoms with Gasteiger partial charge in [0.05, 0.1) is 11.6 Å². The van der Waals surface area contributed by atoms with E-state index >= 15 is 0 Å². The van der Waals surface area contributed by atoms with Crippen LogP contribution in [0.25, 0.3) is 0 Å². The van der Waals surface area contributed by atoms with Crippen LogP contribution in [-0.4, -0.2) is 33.3 Å². The average Bonchev–Trinajstić information content (AvgIpc) is 2.74. The van der Waals surface area contributed by atoms with Crippen molar-refractivity contribution < 1.29 is 9.53 Å². The van der Waals surface area contributed by atoms with Crippen molar-refractivity contribution in [2.45, 2.75) is 42.0 Å². The van der Waals surface area contributed by atoms with Gasteiger partial charge in [-0.15, -0.1) is 11.8 Å². The Morgan fingerprint density at radius 2 is 2.56 bits per heavy atom. The Labute approximate surface area is 111 Å². The van der Waals surface area contributed by atoms with Crippen molar-refractivity contribution in [2.75, 3.05) is 6.61 Å². The number of hydrogen-bond acceptors (Lipinski definition) is 6. The monoisotopic (exact) mass is 267 g/mol. The third-order valence-corrected chi connectivity index (χ3v) is 4.25. The maximum Gasteiger partial charge on any atom is 0.326 e. The number of aromatic nitrogens is 2. The Balaban J connectivity index is 1.94. The van der Waals surface area contributed by atoms with E-state index in [1.54, 1.807) is 24.9 Å². The van der Waals surface area contributed by atoms with Crippen molar-refractivity contribution in [2.24, 2.45) is 5.73 Å². The number of ether oxygens (including phenoxy) is 1. The zero-order valence-corrected chi connectivity index (χ0v) is 11.2. The van der Waals surface area contributed by atoms with Gasteiger partial charge in [0.25, 0.3) is 0 Å². The van der Waals surface area contributed by atoms with Crippen LogP contribution in [0.5, 0.6) is 0 Å². The number of esters is 1. The molecule has 2 atom stereocenters. The highest BCUT2D eigenvalue weighted by atomic mass is 32.2. The minimum atomic E-state index is -0.819. The van der Waals surface area contributed by atoms with E-state index in [-0.39, 0.29) is 5.97 Å². The van der Waals surface area contributed by atoms with Gasteiger partial charge in [-0.3, -0.25) is 4.79 Å². The largest absolute Gasteiger partial charge is 0.465 e. The summed E-state index contributed by atoms with van der Waals surface area (Å²) in [6.07, 6.45) is 5.46. The molecule has 1 aromatic heterocycles. The summed E-state index contributed by atoms with van der Waals surface area (Å²) in [6.45, 7) is 2.17. The molecule has 1 heterocycles. The molecule has 2 rings (SSSR count). The minimum absolute atomic E-state index is 0.282. The summed E-state index contributed by atoms with van der Waals surface area (Å²) >= 11 is 1.65. The average molecular weight is 267 g/mol. The second-order valence-electron chi connectivity index (χ2n) is 4.41. The SMILES string of the molecule is CCOC(=O)C1(N)CCC(Sc2ccncn2)C1. The first-order chi connectivity index (χ1) is 8.64. The molecule has 1 saturated carbocycles. The molecule has 1 aliphatic carbocycles. The summed E-state index contributed by atoms with van der Waals surface area (Å²) in [7, 11) is 0. The molecule has 2 N–H and O–H groups in total. The normalized spacial score (nSPS) is 27.1. The van der Waals surface area contributed by atoms with E-state index in [0.717, 1.165) is 11.4 Å². The summed E-state index contributed by atoms with van der Waals surface area (Å²) in [5, 5.41) is 1.23. The van der Waals surface area contributed by atoms with E-state index in [1.807, 2.05) is 6.07 Å². The molecule has 0 bridgehead atoms. The molecule has 98 valence electrons. The highest BCUT2D eigenvalue weighted by Crippen LogP contribution is 2.38. The second kappa shape index (κ2) is 5.67. The van der Waals surface area contributed by atoms with Gasteiger partial charge in [-0.1, -0.05) is 0 Å². The van der Waals surface area contributed by atoms with Crippen LogP contribution in [0.2, 0.25) is 0 Å². The standard InChI is InChI=1S/C12H17N3O2S/c1-2-17-11(16)12(13)5-3-9(7-12)18-10-4-6-14-8-15-10/h4,6,8-9H,2-3,5,7,13H2,1H3. The number of hydrogen-bond donors (Lipinski definition) is 1. The Bertz CT molecular complexity index is 415. The Kier molecular flexibility index (Phi) is 4.19. The molecule has 0 saturated heterocycles. The number of nitrogens with zero attached hydrogens (tertiary/aromatic N) is 2. The number of nitrogens with two attached hydrogens (primary N) is 1. The number of thioether (sulfide) groups is 1. The molecule has 1 fully saturated rings. The zero-order chi connectivity index (χ0) is 13.0. The lowest BCUT2D eigenvalue weighted by Crippen LogP contribution is -2.47. The van der Waals surface area contributed by atoms with Crippen molar-refractivity contribution in [3.05, 3.63) is 18.6 Å². The lowest BCUT2D eigenvalue weighted by molar-refractivity contribution is -0.149. The van der Waals surface area contributed by atoms with Crippen LogP contribution in [0.15, 0.2) is 23.6 Å². The van der Waals surface area contributed by atoms with E-state index in [0.29, 0.717) is 24.7 Å². The van der Waals surface area contributed by atoms with Crippen LogP contribution in [0, 0.1) is 0 Å². The molecule has 2 unspecified atom stereocenters. The van der Waals surface area contributed by atoms with Gasteiger partial charge in [0.2, 0.25) is 0 Å². The molecule has 1 aliphatic rings. The fraction of sp³-hybridized carbons (Fsp3) is 0.583. The van der Waals surface area contributed by atoms with Crippen LogP contribution >= 0.6 is 11.8 Å². The van der Waals surface area contributed by atoms with Gasteiger partial charge in [-0.2, -0.15) is 0 Å². The van der Waals surface area contributed by atoms with Gasteiger partial charge in [-0.25, -0.2) is 9.97 Å². The fourth-order valence-electron chi connectivity index (χ4n) is 2.11. The quantitative estimate of drug-likeness (QED) is 0.656. The minimum Gasteiger partial charge on any atom is -0.465 e. The molecule has 0 radical (unpaired) electrons. The zero-order valence-electron chi connectivity index (χ0n) is 10.3. The maximum absolute atomic E-state index is 11.8. The number of carbonyl (C=O) groups excluding carboxylic acids is 1. The first kappa shape index (κ1) is 13.3. The van der Waals surface area contributed by atoms with E-state index < -0.39 is 5.54 Å². The Morgan fingerprint density at radius 3 is 3.22 bits per heavy atom. The van der Waals surface area contributed by atoms with Crippen LogP contribution in [0.1, 0.15) is 26.2 Å². The summed E-state index contributed by atoms with van der Waals surface area (Å²) < 4.78 is 5.03. The lowest BCUT2D eigenvalue weighted by atomic mass is 10.00. The summed E-state index contributed by atoms with van der Waals surface area (Å²) in [4.78, 5) is 19.8. The van der Waals surface area contributed by atoms with Gasteiger partial charge < -0.3 is 10.5 Å². The highest BCUT2D eigenvalue weighted by molar-refractivity contribution is 7.99. The van der Waals surface area contributed by atoms with Crippen LogP contribution in [-0.2, 0) is 9.53 Å². The molecule has 18 heavy (non-hydrogen) atoms. The fourth-order valence-corrected chi connectivity index (χ4v) is 3.31. The third-order valence-electron chi connectivity index (χ3n) is 3.03. The highest BCUT2D eigenvalue weighted by Gasteiger charge is 2.43. The molecule has 0 aliphatic heterocycles. The predicted octanol–water partition coefficient (Wildman–Crippen LogP) is 1.38. The number of rotatable bonds is 4. The van der Waals surface area contributed by atoms with Gasteiger partial charge in [0, 0.05) is 11.4 Å². The topological polar surface area (TPSA) is 78.1 Å². The summed E-state index contributed by atoms with van der Waals surface area (Å²) in [5.74, 6) is -0.282. The van der Waals surface area contributed by atoms with Crippen molar-refractivity contribution >= 4 is 17.7 Å². The Hall–Kier alpha value is -1.14. The molecule has 1 aromatic rings. The van der Waals surface area contributed by atoms with Crippen molar-refractivity contribution in [3.8, 4) is 0 Å². The molecule has 0 amide bonds. The summed E-state index contributed by atoms with van der Waals surface area (Å²) in [6, 6.07) is 1.87. The van der Waals surface area contributed by atoms with Crippen LogP contribution < -0.4 is 5.73 Å². The van der Waals surface area contributed by atoms with Crippen LogP contribution in [0.4, 0.5) is 0 Å². The van der Waals surface area contributed by atoms with E-state index in [1.165, 1.54) is 6.33 Å². The van der Waals surface area contributed by atoms with Crippen molar-refractivity contribution in [1.82, 2.24) is 9.97 Å². The third kappa shape index (κ3) is 3.00. The molecule has 0 aromatic carbocycles. The second-order valence-corrected chi connectivity index (χ2v) is 5.73. The van der Waals surface area contributed by atoms with E-state index in [9.17, 15) is 4.79 Å². The lowest BCUT2D eigenvalue weighted by Gasteiger charge is -2.21. The molecular weight excluding hydrogens is 250 g/mol.